The van der Waals surface area contributed by atoms with Gasteiger partial charge in [-0.25, -0.2) is 13.1 Å². The number of hydrogen-bond donors (Lipinski definition) is 1. The third-order valence-electron chi connectivity index (χ3n) is 3.51. The fourth-order valence-electron chi connectivity index (χ4n) is 2.18. The van der Waals surface area contributed by atoms with Gasteiger partial charge in [-0.3, -0.25) is 4.79 Å². The van der Waals surface area contributed by atoms with Gasteiger partial charge in [0.25, 0.3) is 0 Å². The van der Waals surface area contributed by atoms with Gasteiger partial charge in [0.05, 0.1) is 4.90 Å². The standard InChI is InChI=1S/C14H19NO3S2/c1-11(16)12-4-6-13(7-5-12)20(17,18)15-10-14(2)8-3-9-19-14/h4-7,15H,3,8-10H2,1-2H3. The number of carbonyl (C=O) groups excluding carboxylic acids is 1. The topological polar surface area (TPSA) is 63.2 Å². The molecule has 1 fully saturated rings. The summed E-state index contributed by atoms with van der Waals surface area (Å²) in [6.07, 6.45) is 2.17. The number of rotatable bonds is 5. The Hall–Kier alpha value is -0.850. The molecule has 1 aliphatic heterocycles. The summed E-state index contributed by atoms with van der Waals surface area (Å²) in [7, 11) is -3.50. The van der Waals surface area contributed by atoms with Crippen molar-refractivity contribution in [2.45, 2.75) is 36.3 Å². The summed E-state index contributed by atoms with van der Waals surface area (Å²) in [4.78, 5) is 11.4. The fourth-order valence-corrected chi connectivity index (χ4v) is 4.68. The number of Topliss-reactive ketones (excluding diaryl/α,β-unsaturated/α-hetero) is 1. The van der Waals surface area contributed by atoms with Crippen LogP contribution in [-0.4, -0.2) is 31.2 Å². The smallest absolute Gasteiger partial charge is 0.240 e. The second-order valence-corrected chi connectivity index (χ2v) is 8.76. The second kappa shape index (κ2) is 5.87. The lowest BCUT2D eigenvalue weighted by molar-refractivity contribution is 0.101. The van der Waals surface area contributed by atoms with E-state index >= 15 is 0 Å². The van der Waals surface area contributed by atoms with Gasteiger partial charge in [-0.2, -0.15) is 11.8 Å². The molecule has 1 saturated heterocycles. The third kappa shape index (κ3) is 3.62. The first-order valence-corrected chi connectivity index (χ1v) is 9.04. The Bertz CT molecular complexity index is 587. The van der Waals surface area contributed by atoms with Crippen LogP contribution in [0.25, 0.3) is 0 Å². The molecule has 20 heavy (non-hydrogen) atoms. The molecule has 1 unspecified atom stereocenters. The lowest BCUT2D eigenvalue weighted by atomic mass is 10.1. The predicted molar refractivity (Wildman–Crippen MR) is 81.7 cm³/mol. The highest BCUT2D eigenvalue weighted by molar-refractivity contribution is 8.01. The third-order valence-corrected chi connectivity index (χ3v) is 6.46. The molecule has 0 amide bonds. The molecule has 1 N–H and O–H groups in total. The monoisotopic (exact) mass is 313 g/mol. The van der Waals surface area contributed by atoms with Crippen molar-refractivity contribution in [3.05, 3.63) is 29.8 Å². The van der Waals surface area contributed by atoms with E-state index in [0.29, 0.717) is 12.1 Å². The van der Waals surface area contributed by atoms with Crippen molar-refractivity contribution in [2.75, 3.05) is 12.3 Å². The van der Waals surface area contributed by atoms with E-state index < -0.39 is 10.0 Å². The number of thioether (sulfide) groups is 1. The largest absolute Gasteiger partial charge is 0.295 e. The Kier molecular flexibility index (Phi) is 4.56. The van der Waals surface area contributed by atoms with E-state index in [4.69, 9.17) is 0 Å². The van der Waals surface area contributed by atoms with E-state index in [9.17, 15) is 13.2 Å². The van der Waals surface area contributed by atoms with Crippen molar-refractivity contribution < 1.29 is 13.2 Å². The molecule has 1 aromatic rings. The van der Waals surface area contributed by atoms with Gasteiger partial charge in [0, 0.05) is 16.9 Å². The lowest BCUT2D eigenvalue weighted by Crippen LogP contribution is -2.36. The number of nitrogens with one attached hydrogen (secondary N) is 1. The van der Waals surface area contributed by atoms with Gasteiger partial charge in [0.1, 0.15) is 0 Å². The highest BCUT2D eigenvalue weighted by Crippen LogP contribution is 2.37. The average molecular weight is 313 g/mol. The van der Waals surface area contributed by atoms with E-state index in [0.717, 1.165) is 18.6 Å². The molecule has 0 bridgehead atoms. The summed E-state index contributed by atoms with van der Waals surface area (Å²) in [6.45, 7) is 3.99. The van der Waals surface area contributed by atoms with Crippen molar-refractivity contribution >= 4 is 27.6 Å². The molecule has 1 heterocycles. The molecule has 0 aliphatic carbocycles. The van der Waals surface area contributed by atoms with E-state index in [2.05, 4.69) is 11.6 Å². The zero-order valence-corrected chi connectivity index (χ0v) is 13.3. The van der Waals surface area contributed by atoms with Crippen LogP contribution in [0, 0.1) is 0 Å². The molecule has 1 atom stereocenters. The molecule has 1 aliphatic rings. The fraction of sp³-hybridized carbons (Fsp3) is 0.500. The number of benzene rings is 1. The molecule has 0 spiro atoms. The molecule has 0 radical (unpaired) electrons. The number of sulfonamides is 1. The van der Waals surface area contributed by atoms with Crippen LogP contribution in [0.4, 0.5) is 0 Å². The molecule has 2 rings (SSSR count). The van der Waals surface area contributed by atoms with Gasteiger partial charge < -0.3 is 0 Å². The Morgan fingerprint density at radius 1 is 1.35 bits per heavy atom. The van der Waals surface area contributed by atoms with Gasteiger partial charge in [-0.05, 0) is 44.6 Å². The molecule has 6 heteroatoms. The predicted octanol–water partition coefficient (Wildman–Crippen LogP) is 2.45. The van der Waals surface area contributed by atoms with Gasteiger partial charge in [0.2, 0.25) is 10.0 Å². The van der Waals surface area contributed by atoms with E-state index in [1.165, 1.54) is 19.1 Å². The Morgan fingerprint density at radius 3 is 2.50 bits per heavy atom. The molecular formula is C14H19NO3S2. The second-order valence-electron chi connectivity index (χ2n) is 5.31. The van der Waals surface area contributed by atoms with Crippen molar-refractivity contribution in [3.8, 4) is 0 Å². The van der Waals surface area contributed by atoms with Crippen molar-refractivity contribution in [2.24, 2.45) is 0 Å². The van der Waals surface area contributed by atoms with Gasteiger partial charge >= 0.3 is 0 Å². The van der Waals surface area contributed by atoms with Crippen LogP contribution in [0.3, 0.4) is 0 Å². The summed E-state index contributed by atoms with van der Waals surface area (Å²) in [5.41, 5.74) is 0.516. The molecule has 1 aromatic carbocycles. The maximum atomic E-state index is 12.2. The lowest BCUT2D eigenvalue weighted by Gasteiger charge is -2.22. The van der Waals surface area contributed by atoms with Gasteiger partial charge in [-0.15, -0.1) is 0 Å². The first-order chi connectivity index (χ1) is 9.32. The molecular weight excluding hydrogens is 294 g/mol. The van der Waals surface area contributed by atoms with E-state index in [1.54, 1.807) is 12.1 Å². The quantitative estimate of drug-likeness (QED) is 0.848. The zero-order chi connectivity index (χ0) is 14.8. The summed E-state index contributed by atoms with van der Waals surface area (Å²) in [5, 5.41) is 0. The summed E-state index contributed by atoms with van der Waals surface area (Å²) >= 11 is 1.82. The Balaban J connectivity index is 2.08. The van der Waals surface area contributed by atoms with Crippen LogP contribution in [-0.2, 0) is 10.0 Å². The summed E-state index contributed by atoms with van der Waals surface area (Å²) < 4.78 is 27.1. The number of carbonyl (C=O) groups is 1. The van der Waals surface area contributed by atoms with Crippen LogP contribution in [0.5, 0.6) is 0 Å². The molecule has 4 nitrogen and oxygen atoms in total. The highest BCUT2D eigenvalue weighted by Gasteiger charge is 2.31. The van der Waals surface area contributed by atoms with E-state index in [-0.39, 0.29) is 15.4 Å². The van der Waals surface area contributed by atoms with Crippen molar-refractivity contribution in [1.82, 2.24) is 4.72 Å². The Labute approximate surface area is 124 Å². The van der Waals surface area contributed by atoms with Crippen LogP contribution >= 0.6 is 11.8 Å². The highest BCUT2D eigenvalue weighted by atomic mass is 32.2. The van der Waals surface area contributed by atoms with Crippen molar-refractivity contribution in [1.29, 1.82) is 0 Å². The van der Waals surface area contributed by atoms with Gasteiger partial charge in [0.15, 0.2) is 5.78 Å². The summed E-state index contributed by atoms with van der Waals surface area (Å²) in [5.74, 6) is 1.02. The van der Waals surface area contributed by atoms with Crippen LogP contribution in [0.2, 0.25) is 0 Å². The zero-order valence-electron chi connectivity index (χ0n) is 11.7. The average Bonchev–Trinajstić information content (AvgIpc) is 2.84. The van der Waals surface area contributed by atoms with Crippen LogP contribution < -0.4 is 4.72 Å². The molecule has 0 aromatic heterocycles. The first-order valence-electron chi connectivity index (χ1n) is 6.57. The SMILES string of the molecule is CC(=O)c1ccc(S(=O)(=O)NCC2(C)CCCS2)cc1. The number of ketones is 1. The molecule has 110 valence electrons. The number of hydrogen-bond acceptors (Lipinski definition) is 4. The summed E-state index contributed by atoms with van der Waals surface area (Å²) in [6, 6.07) is 6.04. The van der Waals surface area contributed by atoms with E-state index in [1.807, 2.05) is 11.8 Å². The van der Waals surface area contributed by atoms with Crippen LogP contribution in [0.15, 0.2) is 29.2 Å². The minimum atomic E-state index is -3.50. The molecule has 0 saturated carbocycles. The van der Waals surface area contributed by atoms with Crippen LogP contribution in [0.1, 0.15) is 37.0 Å². The first kappa shape index (κ1) is 15.5. The minimum Gasteiger partial charge on any atom is -0.295 e. The maximum absolute atomic E-state index is 12.2. The Morgan fingerprint density at radius 2 is 2.00 bits per heavy atom. The minimum absolute atomic E-state index is 0.00754. The van der Waals surface area contributed by atoms with Gasteiger partial charge in [-0.1, -0.05) is 12.1 Å². The maximum Gasteiger partial charge on any atom is 0.240 e. The normalized spacial score (nSPS) is 22.9. The van der Waals surface area contributed by atoms with Crippen molar-refractivity contribution in [3.63, 3.8) is 0 Å².